The summed E-state index contributed by atoms with van der Waals surface area (Å²) in [6, 6.07) is 7.11. The van der Waals surface area contributed by atoms with E-state index in [2.05, 4.69) is 15.0 Å². The molecule has 1 aliphatic heterocycles. The van der Waals surface area contributed by atoms with E-state index in [0.29, 0.717) is 41.8 Å². The molecule has 1 saturated heterocycles. The highest BCUT2D eigenvalue weighted by atomic mass is 16.5. The van der Waals surface area contributed by atoms with Gasteiger partial charge in [0.1, 0.15) is 17.3 Å². The summed E-state index contributed by atoms with van der Waals surface area (Å²) in [5.41, 5.74) is 2.53. The summed E-state index contributed by atoms with van der Waals surface area (Å²) in [6.45, 7) is 1.43. The minimum atomic E-state index is -0.975. The van der Waals surface area contributed by atoms with Crippen LogP contribution in [0.2, 0.25) is 0 Å². The molecule has 9 heteroatoms. The van der Waals surface area contributed by atoms with Gasteiger partial charge < -0.3 is 24.0 Å². The second-order valence-electron chi connectivity index (χ2n) is 8.40. The summed E-state index contributed by atoms with van der Waals surface area (Å²) < 4.78 is 17.4. The first kappa shape index (κ1) is 20.7. The van der Waals surface area contributed by atoms with E-state index in [0.717, 1.165) is 44.1 Å². The minimum Gasteiger partial charge on any atom is -0.478 e. The van der Waals surface area contributed by atoms with Crippen LogP contribution in [0.1, 0.15) is 48.9 Å². The van der Waals surface area contributed by atoms with Crippen LogP contribution < -0.4 is 9.64 Å². The van der Waals surface area contributed by atoms with Crippen molar-refractivity contribution in [2.75, 3.05) is 25.2 Å². The number of aromatic nitrogens is 3. The molecule has 1 aromatic carbocycles. The fraction of sp³-hybridized carbons (Fsp3) is 0.478. The zero-order chi connectivity index (χ0) is 22.1. The van der Waals surface area contributed by atoms with Crippen molar-refractivity contribution in [1.29, 1.82) is 0 Å². The number of benzene rings is 1. The van der Waals surface area contributed by atoms with Crippen LogP contribution in [0.25, 0.3) is 22.4 Å². The number of ether oxygens (including phenoxy) is 2. The van der Waals surface area contributed by atoms with Crippen LogP contribution in [0, 0.1) is 0 Å². The molecule has 0 spiro atoms. The monoisotopic (exact) mass is 438 g/mol. The summed E-state index contributed by atoms with van der Waals surface area (Å²) in [5.74, 6) is -0.327. The van der Waals surface area contributed by atoms with Crippen LogP contribution in [0.4, 0.5) is 5.82 Å². The van der Waals surface area contributed by atoms with Gasteiger partial charge in [-0.25, -0.2) is 4.79 Å². The molecule has 9 nitrogen and oxygen atoms in total. The molecular formula is C23H26N4O5. The topological polar surface area (TPSA) is 111 Å². The summed E-state index contributed by atoms with van der Waals surface area (Å²) in [4.78, 5) is 22.7. The molecule has 0 atom stereocenters. The maximum atomic E-state index is 11.2. The van der Waals surface area contributed by atoms with Crippen LogP contribution in [0.3, 0.4) is 0 Å². The van der Waals surface area contributed by atoms with Crippen LogP contribution in [-0.4, -0.2) is 58.6 Å². The number of hydrogen-bond donors (Lipinski definition) is 1. The van der Waals surface area contributed by atoms with Gasteiger partial charge in [-0.2, -0.15) is 9.97 Å². The first-order valence-electron chi connectivity index (χ1n) is 11.1. The molecular weight excluding hydrogens is 412 g/mol. The quantitative estimate of drug-likeness (QED) is 0.612. The Morgan fingerprint density at radius 3 is 2.50 bits per heavy atom. The predicted molar refractivity (Wildman–Crippen MR) is 117 cm³/mol. The molecule has 2 aliphatic rings. The maximum Gasteiger partial charge on any atom is 0.335 e. The van der Waals surface area contributed by atoms with Crippen molar-refractivity contribution in [3.8, 4) is 17.3 Å². The van der Waals surface area contributed by atoms with E-state index in [4.69, 9.17) is 19.0 Å². The van der Waals surface area contributed by atoms with E-state index in [1.165, 1.54) is 0 Å². The summed E-state index contributed by atoms with van der Waals surface area (Å²) >= 11 is 0. The fourth-order valence-corrected chi connectivity index (χ4v) is 4.45. The van der Waals surface area contributed by atoms with Crippen molar-refractivity contribution in [2.24, 2.45) is 0 Å². The number of carboxylic acid groups (broad SMARTS) is 1. The van der Waals surface area contributed by atoms with Gasteiger partial charge in [0.05, 0.1) is 5.56 Å². The normalized spacial score (nSPS) is 17.7. The third-order valence-corrected chi connectivity index (χ3v) is 6.33. The largest absolute Gasteiger partial charge is 0.478 e. The summed E-state index contributed by atoms with van der Waals surface area (Å²) in [6.07, 6.45) is 6.22. The molecule has 1 aliphatic carbocycles. The van der Waals surface area contributed by atoms with Crippen molar-refractivity contribution in [3.05, 3.63) is 29.8 Å². The average Bonchev–Trinajstić information content (AvgIpc) is 3.49. The Morgan fingerprint density at radius 2 is 1.81 bits per heavy atom. The lowest BCUT2D eigenvalue weighted by molar-refractivity contribution is 0.0697. The smallest absolute Gasteiger partial charge is 0.335 e. The summed E-state index contributed by atoms with van der Waals surface area (Å²) in [7, 11) is 2.00. The molecule has 1 N–H and O–H groups in total. The van der Waals surface area contributed by atoms with Gasteiger partial charge in [-0.3, -0.25) is 0 Å². The van der Waals surface area contributed by atoms with Crippen molar-refractivity contribution in [1.82, 2.24) is 15.1 Å². The first-order chi connectivity index (χ1) is 15.6. The van der Waals surface area contributed by atoms with Crippen molar-refractivity contribution in [3.63, 3.8) is 0 Å². The second-order valence-corrected chi connectivity index (χ2v) is 8.40. The van der Waals surface area contributed by atoms with Gasteiger partial charge in [-0.15, -0.1) is 0 Å². The van der Waals surface area contributed by atoms with E-state index < -0.39 is 5.97 Å². The Bertz CT molecular complexity index is 1100. The average molecular weight is 438 g/mol. The van der Waals surface area contributed by atoms with Crippen molar-refractivity contribution < 1.29 is 23.9 Å². The number of anilines is 1. The van der Waals surface area contributed by atoms with E-state index >= 15 is 0 Å². The zero-order valence-corrected chi connectivity index (χ0v) is 18.0. The molecule has 0 bridgehead atoms. The highest BCUT2D eigenvalue weighted by Crippen LogP contribution is 2.35. The number of hydrogen-bond acceptors (Lipinski definition) is 8. The Morgan fingerprint density at radius 1 is 1.09 bits per heavy atom. The Labute approximate surface area is 185 Å². The first-order valence-corrected chi connectivity index (χ1v) is 11.1. The van der Waals surface area contributed by atoms with Gasteiger partial charge in [0.2, 0.25) is 5.58 Å². The lowest BCUT2D eigenvalue weighted by Gasteiger charge is -2.31. The molecule has 3 heterocycles. The highest BCUT2D eigenvalue weighted by Gasteiger charge is 2.27. The van der Waals surface area contributed by atoms with Crippen LogP contribution in [0.15, 0.2) is 28.8 Å². The van der Waals surface area contributed by atoms with Gasteiger partial charge in [0.15, 0.2) is 5.82 Å². The molecule has 0 radical (unpaired) electrons. The van der Waals surface area contributed by atoms with E-state index in [1.54, 1.807) is 24.3 Å². The van der Waals surface area contributed by atoms with E-state index in [9.17, 15) is 9.90 Å². The second kappa shape index (κ2) is 8.74. The fourth-order valence-electron chi connectivity index (χ4n) is 4.45. The molecule has 0 unspecified atom stereocenters. The van der Waals surface area contributed by atoms with Gasteiger partial charge in [-0.1, -0.05) is 17.3 Å². The molecule has 3 aromatic rings. The van der Waals surface area contributed by atoms with E-state index in [-0.39, 0.29) is 17.7 Å². The molecule has 168 valence electrons. The molecule has 0 amide bonds. The number of carboxylic acids is 1. The standard InChI is InChI=1S/C23H26N4O5/c1-27(16-10-12-30-13-11-16)21-20-19(24-23(25-21)31-17-4-2-3-5-17)18(26-32-20)14-6-8-15(9-7-14)22(28)29/h6-9,16-17H,2-5,10-13H2,1H3,(H,28,29). The third-order valence-electron chi connectivity index (χ3n) is 6.33. The number of aromatic carboxylic acids is 1. The van der Waals surface area contributed by atoms with Crippen molar-refractivity contribution in [2.45, 2.75) is 50.7 Å². The van der Waals surface area contributed by atoms with Crippen LogP contribution in [-0.2, 0) is 4.74 Å². The van der Waals surface area contributed by atoms with Gasteiger partial charge >= 0.3 is 12.0 Å². The maximum absolute atomic E-state index is 11.2. The molecule has 2 fully saturated rings. The molecule has 1 saturated carbocycles. The van der Waals surface area contributed by atoms with Crippen LogP contribution in [0.5, 0.6) is 6.01 Å². The molecule has 32 heavy (non-hydrogen) atoms. The molecule has 5 rings (SSSR count). The van der Waals surface area contributed by atoms with Crippen LogP contribution >= 0.6 is 0 Å². The number of fused-ring (bicyclic) bond motifs is 1. The Kier molecular flexibility index (Phi) is 5.65. The lowest BCUT2D eigenvalue weighted by Crippen LogP contribution is -2.37. The zero-order valence-electron chi connectivity index (χ0n) is 18.0. The highest BCUT2D eigenvalue weighted by molar-refractivity contribution is 5.95. The molecule has 2 aromatic heterocycles. The Balaban J connectivity index is 1.57. The summed E-state index contributed by atoms with van der Waals surface area (Å²) in [5, 5.41) is 13.5. The minimum absolute atomic E-state index is 0.117. The third kappa shape index (κ3) is 4.00. The van der Waals surface area contributed by atoms with Crippen molar-refractivity contribution >= 4 is 22.9 Å². The van der Waals surface area contributed by atoms with Gasteiger partial charge in [0.25, 0.3) is 0 Å². The SMILES string of the molecule is CN(c1nc(OC2CCCC2)nc2c(-c3ccc(C(=O)O)cc3)noc12)C1CCOCC1. The van der Waals surface area contributed by atoms with Gasteiger partial charge in [0, 0.05) is 31.9 Å². The number of rotatable bonds is 6. The lowest BCUT2D eigenvalue weighted by atomic mass is 10.1. The van der Waals surface area contributed by atoms with E-state index in [1.807, 2.05) is 7.05 Å². The van der Waals surface area contributed by atoms with Gasteiger partial charge in [-0.05, 0) is 50.7 Å². The predicted octanol–water partition coefficient (Wildman–Crippen LogP) is 3.92. The number of carbonyl (C=O) groups is 1. The Hall–Kier alpha value is -3.20. The number of nitrogens with zero attached hydrogens (tertiary/aromatic N) is 4.